The topological polar surface area (TPSA) is 50.4 Å². The molecule has 1 unspecified atom stereocenters. The van der Waals surface area contributed by atoms with E-state index in [1.165, 1.54) is 6.07 Å². The molecule has 0 saturated heterocycles. The highest BCUT2D eigenvalue weighted by molar-refractivity contribution is 5.83. The SMILES string of the molecule is Fc1cccc(C2CCc3oc(C4=CC=NCN4)nc3C2)c1. The quantitative estimate of drug-likeness (QED) is 0.927. The normalized spacial score (nSPS) is 20.2. The van der Waals surface area contributed by atoms with Crippen molar-refractivity contribution in [3.8, 4) is 0 Å². The van der Waals surface area contributed by atoms with Crippen molar-refractivity contribution in [2.45, 2.75) is 25.2 Å². The number of hydrogen-bond donors (Lipinski definition) is 1. The second kappa shape index (κ2) is 5.40. The first kappa shape index (κ1) is 13.2. The summed E-state index contributed by atoms with van der Waals surface area (Å²) in [5.74, 6) is 1.69. The predicted octanol–water partition coefficient (Wildman–Crippen LogP) is 3.06. The average Bonchev–Trinajstić information content (AvgIpc) is 2.99. The highest BCUT2D eigenvalue weighted by atomic mass is 19.1. The molecule has 1 aliphatic heterocycles. The molecule has 1 aromatic carbocycles. The molecule has 1 aliphatic carbocycles. The van der Waals surface area contributed by atoms with Crippen molar-refractivity contribution in [2.24, 2.45) is 4.99 Å². The van der Waals surface area contributed by atoms with Crippen molar-refractivity contribution in [3.63, 3.8) is 0 Å². The number of fused-ring (bicyclic) bond motifs is 1. The maximum Gasteiger partial charge on any atom is 0.243 e. The summed E-state index contributed by atoms with van der Waals surface area (Å²) in [6.45, 7) is 0.546. The van der Waals surface area contributed by atoms with Crippen molar-refractivity contribution >= 4 is 11.9 Å². The fourth-order valence-corrected chi connectivity index (χ4v) is 3.06. The van der Waals surface area contributed by atoms with Crippen LogP contribution in [0.5, 0.6) is 0 Å². The average molecular weight is 297 g/mol. The van der Waals surface area contributed by atoms with Crippen molar-refractivity contribution < 1.29 is 8.81 Å². The molecule has 22 heavy (non-hydrogen) atoms. The van der Waals surface area contributed by atoms with Gasteiger partial charge in [-0.05, 0) is 36.1 Å². The van der Waals surface area contributed by atoms with Gasteiger partial charge in [0.2, 0.25) is 5.89 Å². The van der Waals surface area contributed by atoms with E-state index < -0.39 is 0 Å². The molecule has 1 N–H and O–H groups in total. The van der Waals surface area contributed by atoms with Crippen LogP contribution < -0.4 is 5.32 Å². The first-order chi connectivity index (χ1) is 10.8. The van der Waals surface area contributed by atoms with Crippen LogP contribution in [0.15, 0.2) is 39.8 Å². The third-order valence-corrected chi connectivity index (χ3v) is 4.20. The lowest BCUT2D eigenvalue weighted by Gasteiger charge is -2.20. The number of aromatic nitrogens is 1. The van der Waals surface area contributed by atoms with Crippen LogP contribution in [-0.4, -0.2) is 17.9 Å². The Bertz CT molecular complexity index is 763. The first-order valence-electron chi connectivity index (χ1n) is 7.48. The Morgan fingerprint density at radius 1 is 1.32 bits per heavy atom. The summed E-state index contributed by atoms with van der Waals surface area (Å²) in [6, 6.07) is 6.86. The summed E-state index contributed by atoms with van der Waals surface area (Å²) in [7, 11) is 0. The molecule has 0 spiro atoms. The minimum atomic E-state index is -0.181. The zero-order valence-corrected chi connectivity index (χ0v) is 12.1. The molecule has 4 rings (SSSR count). The monoisotopic (exact) mass is 297 g/mol. The van der Waals surface area contributed by atoms with Crippen LogP contribution in [0.4, 0.5) is 4.39 Å². The lowest BCUT2D eigenvalue weighted by molar-refractivity contribution is 0.447. The van der Waals surface area contributed by atoms with Crippen LogP contribution in [-0.2, 0) is 12.8 Å². The molecule has 2 aromatic rings. The van der Waals surface area contributed by atoms with E-state index in [2.05, 4.69) is 15.3 Å². The molecule has 1 aromatic heterocycles. The van der Waals surface area contributed by atoms with E-state index in [1.54, 1.807) is 18.3 Å². The molecule has 2 heterocycles. The molecule has 4 nitrogen and oxygen atoms in total. The Labute approximate surface area is 127 Å². The number of nitrogens with one attached hydrogen (secondary N) is 1. The van der Waals surface area contributed by atoms with Gasteiger partial charge in [-0.2, -0.15) is 0 Å². The molecule has 0 bridgehead atoms. The minimum absolute atomic E-state index is 0.181. The van der Waals surface area contributed by atoms with Gasteiger partial charge in [-0.3, -0.25) is 4.99 Å². The van der Waals surface area contributed by atoms with Gasteiger partial charge in [0.25, 0.3) is 0 Å². The van der Waals surface area contributed by atoms with E-state index in [0.717, 1.165) is 42.0 Å². The summed E-state index contributed by atoms with van der Waals surface area (Å²) >= 11 is 0. The Balaban J connectivity index is 1.60. The molecule has 0 amide bonds. The molecular weight excluding hydrogens is 281 g/mol. The number of benzene rings is 1. The van der Waals surface area contributed by atoms with E-state index in [4.69, 9.17) is 4.42 Å². The van der Waals surface area contributed by atoms with Gasteiger partial charge < -0.3 is 9.73 Å². The largest absolute Gasteiger partial charge is 0.440 e. The summed E-state index contributed by atoms with van der Waals surface area (Å²) in [5.41, 5.74) is 2.89. The number of halogens is 1. The number of aryl methyl sites for hydroxylation is 1. The van der Waals surface area contributed by atoms with Gasteiger partial charge in [0.15, 0.2) is 0 Å². The molecule has 1 atom stereocenters. The fourth-order valence-electron chi connectivity index (χ4n) is 3.06. The fraction of sp³-hybridized carbons (Fsp3) is 0.294. The summed E-state index contributed by atoms with van der Waals surface area (Å²) in [6.07, 6.45) is 6.21. The number of oxazole rings is 1. The maximum absolute atomic E-state index is 13.4. The number of aliphatic imine (C=N–C) groups is 1. The van der Waals surface area contributed by atoms with E-state index in [-0.39, 0.29) is 5.82 Å². The standard InChI is InChI=1S/C17H16FN3O/c18-13-3-1-2-11(8-13)12-4-5-16-15(9-12)21-17(22-16)14-6-7-19-10-20-14/h1-3,6-8,12,20H,4-5,9-10H2. The second-order valence-corrected chi connectivity index (χ2v) is 5.63. The Kier molecular flexibility index (Phi) is 3.25. The minimum Gasteiger partial charge on any atom is -0.440 e. The second-order valence-electron chi connectivity index (χ2n) is 5.63. The van der Waals surface area contributed by atoms with Crippen molar-refractivity contribution in [1.82, 2.24) is 10.3 Å². The molecule has 0 saturated carbocycles. The smallest absolute Gasteiger partial charge is 0.243 e. The van der Waals surface area contributed by atoms with Gasteiger partial charge in [-0.15, -0.1) is 0 Å². The van der Waals surface area contributed by atoms with Crippen LogP contribution in [0.3, 0.4) is 0 Å². The zero-order valence-electron chi connectivity index (χ0n) is 12.1. The molecule has 0 fully saturated rings. The number of nitrogens with zero attached hydrogens (tertiary/aromatic N) is 2. The molecular formula is C17H16FN3O. The lowest BCUT2D eigenvalue weighted by atomic mass is 9.85. The van der Waals surface area contributed by atoms with Crippen LogP contribution >= 0.6 is 0 Å². The maximum atomic E-state index is 13.4. The third kappa shape index (κ3) is 2.43. The van der Waals surface area contributed by atoms with E-state index in [9.17, 15) is 4.39 Å². The highest BCUT2D eigenvalue weighted by Gasteiger charge is 2.26. The van der Waals surface area contributed by atoms with Gasteiger partial charge in [-0.1, -0.05) is 12.1 Å². The van der Waals surface area contributed by atoms with Crippen molar-refractivity contribution in [3.05, 3.63) is 59.1 Å². The third-order valence-electron chi connectivity index (χ3n) is 4.20. The predicted molar refractivity (Wildman–Crippen MR) is 82.1 cm³/mol. The summed E-state index contributed by atoms with van der Waals surface area (Å²) in [5, 5.41) is 3.15. The van der Waals surface area contributed by atoms with E-state index >= 15 is 0 Å². The molecule has 0 radical (unpaired) electrons. The van der Waals surface area contributed by atoms with Crippen LogP contribution in [0.25, 0.3) is 5.70 Å². The summed E-state index contributed by atoms with van der Waals surface area (Å²) < 4.78 is 19.3. The Morgan fingerprint density at radius 2 is 2.27 bits per heavy atom. The number of allylic oxidation sites excluding steroid dienone is 1. The lowest BCUT2D eigenvalue weighted by Crippen LogP contribution is -2.15. The Hall–Kier alpha value is -2.43. The van der Waals surface area contributed by atoms with E-state index in [0.29, 0.717) is 18.5 Å². The van der Waals surface area contributed by atoms with Crippen LogP contribution in [0.2, 0.25) is 0 Å². The molecule has 112 valence electrons. The van der Waals surface area contributed by atoms with Crippen molar-refractivity contribution in [1.29, 1.82) is 0 Å². The van der Waals surface area contributed by atoms with Crippen molar-refractivity contribution in [2.75, 3.05) is 6.67 Å². The van der Waals surface area contributed by atoms with Gasteiger partial charge in [-0.25, -0.2) is 9.37 Å². The molecule has 5 heteroatoms. The van der Waals surface area contributed by atoms with Crippen LogP contribution in [0, 0.1) is 5.82 Å². The van der Waals surface area contributed by atoms with Gasteiger partial charge in [0.05, 0.1) is 5.69 Å². The summed E-state index contributed by atoms with van der Waals surface area (Å²) in [4.78, 5) is 8.70. The number of hydrogen-bond acceptors (Lipinski definition) is 4. The molecule has 2 aliphatic rings. The van der Waals surface area contributed by atoms with Gasteiger partial charge in [0, 0.05) is 19.1 Å². The Morgan fingerprint density at radius 3 is 3.09 bits per heavy atom. The van der Waals surface area contributed by atoms with Crippen LogP contribution in [0.1, 0.15) is 35.2 Å². The highest BCUT2D eigenvalue weighted by Crippen LogP contribution is 2.33. The zero-order chi connectivity index (χ0) is 14.9. The first-order valence-corrected chi connectivity index (χ1v) is 7.48. The van der Waals surface area contributed by atoms with Gasteiger partial charge in [0.1, 0.15) is 23.9 Å². The number of rotatable bonds is 2. The van der Waals surface area contributed by atoms with E-state index in [1.807, 2.05) is 12.1 Å². The van der Waals surface area contributed by atoms with Gasteiger partial charge >= 0.3 is 0 Å².